The number of benzene rings is 1. The fraction of sp³-hybridized carbons (Fsp3) is 0.500. The number of rotatable bonds is 6. The highest BCUT2D eigenvalue weighted by Crippen LogP contribution is 2.08. The maximum atomic E-state index is 12.0. The maximum Gasteiger partial charge on any atom is 0.253 e. The molecule has 0 aliphatic carbocycles. The van der Waals surface area contributed by atoms with E-state index in [2.05, 4.69) is 19.1 Å². The lowest BCUT2D eigenvalue weighted by atomic mass is 10.1. The Morgan fingerprint density at radius 3 is 2.26 bits per heavy atom. The molecule has 19 heavy (non-hydrogen) atoms. The molecule has 4 nitrogen and oxygen atoms in total. The normalized spacial score (nSPS) is 11.6. The van der Waals surface area contributed by atoms with Gasteiger partial charge in [0, 0.05) is 27.2 Å². The SMILES string of the molecule is CCc1ccc(CN(C)C(=O)C(CN)OC)cc1.Cl. The van der Waals surface area contributed by atoms with Gasteiger partial charge in [-0.15, -0.1) is 12.4 Å². The minimum atomic E-state index is -0.551. The molecule has 108 valence electrons. The minimum Gasteiger partial charge on any atom is -0.370 e. The lowest BCUT2D eigenvalue weighted by molar-refractivity contribution is -0.140. The largest absolute Gasteiger partial charge is 0.370 e. The van der Waals surface area contributed by atoms with Crippen LogP contribution in [0.5, 0.6) is 0 Å². The predicted molar refractivity (Wildman–Crippen MR) is 79.4 cm³/mol. The summed E-state index contributed by atoms with van der Waals surface area (Å²) in [7, 11) is 3.26. The predicted octanol–water partition coefficient (Wildman–Crippen LogP) is 1.60. The van der Waals surface area contributed by atoms with Crippen molar-refractivity contribution in [2.75, 3.05) is 20.7 Å². The Morgan fingerprint density at radius 2 is 1.84 bits per heavy atom. The summed E-state index contributed by atoms with van der Waals surface area (Å²) in [5.41, 5.74) is 7.88. The Morgan fingerprint density at radius 1 is 1.32 bits per heavy atom. The molecule has 0 spiro atoms. The summed E-state index contributed by atoms with van der Waals surface area (Å²) >= 11 is 0. The van der Waals surface area contributed by atoms with E-state index in [9.17, 15) is 4.79 Å². The van der Waals surface area contributed by atoms with E-state index in [1.807, 2.05) is 12.1 Å². The van der Waals surface area contributed by atoms with Crippen LogP contribution in [0, 0.1) is 0 Å². The Hall–Kier alpha value is -1.10. The van der Waals surface area contributed by atoms with Crippen LogP contribution in [0.1, 0.15) is 18.1 Å². The molecule has 0 saturated carbocycles. The standard InChI is InChI=1S/C14H22N2O2.ClH/c1-4-11-5-7-12(8-6-11)10-16(2)14(17)13(9-15)18-3;/h5-8,13H,4,9-10,15H2,1-3H3;1H. The van der Waals surface area contributed by atoms with Gasteiger partial charge in [-0.05, 0) is 17.5 Å². The zero-order chi connectivity index (χ0) is 13.5. The summed E-state index contributed by atoms with van der Waals surface area (Å²) in [6.45, 7) is 2.90. The third kappa shape index (κ3) is 5.19. The van der Waals surface area contributed by atoms with E-state index in [-0.39, 0.29) is 24.9 Å². The van der Waals surface area contributed by atoms with Gasteiger partial charge in [0.25, 0.3) is 5.91 Å². The average Bonchev–Trinajstić information content (AvgIpc) is 2.40. The number of ether oxygens (including phenoxy) is 1. The fourth-order valence-corrected chi connectivity index (χ4v) is 1.78. The number of hydrogen-bond acceptors (Lipinski definition) is 3. The number of amides is 1. The Balaban J connectivity index is 0.00000324. The molecule has 5 heteroatoms. The summed E-state index contributed by atoms with van der Waals surface area (Å²) in [4.78, 5) is 13.6. The van der Waals surface area contributed by atoms with Crippen molar-refractivity contribution in [3.63, 3.8) is 0 Å². The highest BCUT2D eigenvalue weighted by atomic mass is 35.5. The lowest BCUT2D eigenvalue weighted by Crippen LogP contribution is -2.41. The van der Waals surface area contributed by atoms with Gasteiger partial charge in [0.2, 0.25) is 0 Å². The van der Waals surface area contributed by atoms with Gasteiger partial charge in [-0.2, -0.15) is 0 Å². The summed E-state index contributed by atoms with van der Waals surface area (Å²) in [6, 6.07) is 8.27. The number of aryl methyl sites for hydroxylation is 1. The minimum absolute atomic E-state index is 0. The number of nitrogens with two attached hydrogens (primary N) is 1. The van der Waals surface area contributed by atoms with Gasteiger partial charge < -0.3 is 15.4 Å². The molecule has 0 radical (unpaired) electrons. The summed E-state index contributed by atoms with van der Waals surface area (Å²) < 4.78 is 5.04. The van der Waals surface area contributed by atoms with Crippen molar-refractivity contribution >= 4 is 18.3 Å². The topological polar surface area (TPSA) is 55.6 Å². The first-order chi connectivity index (χ1) is 8.62. The second-order valence-electron chi connectivity index (χ2n) is 4.32. The molecule has 0 aliphatic heterocycles. The fourth-order valence-electron chi connectivity index (χ4n) is 1.78. The highest BCUT2D eigenvalue weighted by molar-refractivity contribution is 5.85. The zero-order valence-electron chi connectivity index (χ0n) is 11.8. The van der Waals surface area contributed by atoms with Gasteiger partial charge in [0.05, 0.1) is 0 Å². The number of likely N-dealkylation sites (N-methyl/N-ethyl adjacent to an activating group) is 1. The van der Waals surface area contributed by atoms with Crippen molar-refractivity contribution in [2.45, 2.75) is 26.0 Å². The number of methoxy groups -OCH3 is 1. The molecule has 0 fully saturated rings. The zero-order valence-corrected chi connectivity index (χ0v) is 12.6. The summed E-state index contributed by atoms with van der Waals surface area (Å²) in [6.07, 6.45) is 0.471. The van der Waals surface area contributed by atoms with Crippen LogP contribution < -0.4 is 5.73 Å². The quantitative estimate of drug-likeness (QED) is 0.864. The first-order valence-electron chi connectivity index (χ1n) is 6.18. The summed E-state index contributed by atoms with van der Waals surface area (Å²) in [5.74, 6) is -0.0837. The van der Waals surface area contributed by atoms with Crippen molar-refractivity contribution in [3.8, 4) is 0 Å². The van der Waals surface area contributed by atoms with Crippen LogP contribution in [0.15, 0.2) is 24.3 Å². The average molecular weight is 287 g/mol. The highest BCUT2D eigenvalue weighted by Gasteiger charge is 2.19. The van der Waals surface area contributed by atoms with Crippen molar-refractivity contribution in [3.05, 3.63) is 35.4 Å². The van der Waals surface area contributed by atoms with Crippen LogP contribution in [0.3, 0.4) is 0 Å². The van der Waals surface area contributed by atoms with Gasteiger partial charge in [0.1, 0.15) is 6.10 Å². The molecule has 0 bridgehead atoms. The molecule has 1 rings (SSSR count). The van der Waals surface area contributed by atoms with Crippen LogP contribution in [0.4, 0.5) is 0 Å². The Bertz CT molecular complexity index is 378. The van der Waals surface area contributed by atoms with Crippen LogP contribution in [0.2, 0.25) is 0 Å². The van der Waals surface area contributed by atoms with E-state index in [4.69, 9.17) is 10.5 Å². The van der Waals surface area contributed by atoms with Gasteiger partial charge in [0.15, 0.2) is 0 Å². The molecule has 0 aromatic heterocycles. The molecular weight excluding hydrogens is 264 g/mol. The second kappa shape index (κ2) is 8.91. The first kappa shape index (κ1) is 17.9. The molecule has 1 aromatic carbocycles. The number of nitrogens with zero attached hydrogens (tertiary/aromatic N) is 1. The molecule has 0 heterocycles. The molecule has 0 aliphatic rings. The van der Waals surface area contributed by atoms with Crippen molar-refractivity contribution in [1.29, 1.82) is 0 Å². The Kier molecular flexibility index (Phi) is 8.39. The summed E-state index contributed by atoms with van der Waals surface area (Å²) in [5, 5.41) is 0. The first-order valence-corrected chi connectivity index (χ1v) is 6.18. The molecule has 1 amide bonds. The van der Waals surface area contributed by atoms with Gasteiger partial charge in [-0.25, -0.2) is 0 Å². The van der Waals surface area contributed by atoms with Crippen LogP contribution in [0.25, 0.3) is 0 Å². The molecule has 1 unspecified atom stereocenters. The Labute approximate surface area is 121 Å². The van der Waals surface area contributed by atoms with E-state index in [0.717, 1.165) is 12.0 Å². The van der Waals surface area contributed by atoms with E-state index < -0.39 is 6.10 Å². The monoisotopic (exact) mass is 286 g/mol. The smallest absolute Gasteiger partial charge is 0.253 e. The van der Waals surface area contributed by atoms with Crippen LogP contribution >= 0.6 is 12.4 Å². The number of halogens is 1. The van der Waals surface area contributed by atoms with E-state index in [1.165, 1.54) is 12.7 Å². The van der Waals surface area contributed by atoms with E-state index >= 15 is 0 Å². The number of hydrogen-bond donors (Lipinski definition) is 1. The van der Waals surface area contributed by atoms with Crippen LogP contribution in [-0.4, -0.2) is 37.6 Å². The lowest BCUT2D eigenvalue weighted by Gasteiger charge is -2.22. The molecule has 1 aromatic rings. The number of carbonyl (C=O) groups excluding carboxylic acids is 1. The molecule has 1 atom stereocenters. The molecule has 0 saturated heterocycles. The van der Waals surface area contributed by atoms with Crippen molar-refractivity contribution < 1.29 is 9.53 Å². The van der Waals surface area contributed by atoms with E-state index in [0.29, 0.717) is 6.54 Å². The van der Waals surface area contributed by atoms with E-state index in [1.54, 1.807) is 11.9 Å². The van der Waals surface area contributed by atoms with Gasteiger partial charge in [-0.1, -0.05) is 31.2 Å². The molecule has 2 N–H and O–H groups in total. The van der Waals surface area contributed by atoms with Gasteiger partial charge >= 0.3 is 0 Å². The van der Waals surface area contributed by atoms with Crippen molar-refractivity contribution in [2.24, 2.45) is 5.73 Å². The third-order valence-corrected chi connectivity index (χ3v) is 3.00. The maximum absolute atomic E-state index is 12.0. The molecular formula is C14H23ClN2O2. The van der Waals surface area contributed by atoms with Crippen LogP contribution in [-0.2, 0) is 22.5 Å². The second-order valence-corrected chi connectivity index (χ2v) is 4.32. The van der Waals surface area contributed by atoms with Gasteiger partial charge in [-0.3, -0.25) is 4.79 Å². The third-order valence-electron chi connectivity index (χ3n) is 3.00. The number of carbonyl (C=O) groups is 1. The van der Waals surface area contributed by atoms with Crippen molar-refractivity contribution in [1.82, 2.24) is 4.90 Å².